The SMILES string of the molecule is COC(=O)Cn1c(=NC(=O)/C=C/c2ccccc2Cl)sc2cc(C)ccc21. The zero-order chi connectivity index (χ0) is 19.4. The lowest BCUT2D eigenvalue weighted by molar-refractivity contribution is -0.141. The van der Waals surface area contributed by atoms with Crippen LogP contribution in [0.2, 0.25) is 5.02 Å². The molecule has 3 rings (SSSR count). The molecule has 0 aliphatic carbocycles. The number of fused-ring (bicyclic) bond motifs is 1. The second-order valence-corrected chi connectivity index (χ2v) is 7.24. The van der Waals surface area contributed by atoms with Crippen molar-refractivity contribution in [1.29, 1.82) is 0 Å². The van der Waals surface area contributed by atoms with E-state index in [1.807, 2.05) is 43.3 Å². The highest BCUT2D eigenvalue weighted by molar-refractivity contribution is 7.16. The highest BCUT2D eigenvalue weighted by atomic mass is 35.5. The Labute approximate surface area is 165 Å². The van der Waals surface area contributed by atoms with Crippen molar-refractivity contribution in [2.45, 2.75) is 13.5 Å². The number of hydrogen-bond donors (Lipinski definition) is 0. The number of nitrogens with zero attached hydrogens (tertiary/aromatic N) is 2. The van der Waals surface area contributed by atoms with Crippen LogP contribution >= 0.6 is 22.9 Å². The number of benzene rings is 2. The number of carbonyl (C=O) groups excluding carboxylic acids is 2. The molecule has 3 aromatic rings. The van der Waals surface area contributed by atoms with Crippen LogP contribution in [0.4, 0.5) is 0 Å². The number of thiazole rings is 1. The number of ether oxygens (including phenoxy) is 1. The van der Waals surface area contributed by atoms with Crippen molar-refractivity contribution in [2.24, 2.45) is 4.99 Å². The van der Waals surface area contributed by atoms with E-state index < -0.39 is 11.9 Å². The zero-order valence-electron chi connectivity index (χ0n) is 14.8. The Morgan fingerprint density at radius 3 is 2.78 bits per heavy atom. The summed E-state index contributed by atoms with van der Waals surface area (Å²) in [4.78, 5) is 28.7. The quantitative estimate of drug-likeness (QED) is 0.491. The number of esters is 1. The van der Waals surface area contributed by atoms with E-state index in [1.165, 1.54) is 24.5 Å². The predicted octanol–water partition coefficient (Wildman–Crippen LogP) is 3.98. The van der Waals surface area contributed by atoms with E-state index >= 15 is 0 Å². The first kappa shape index (κ1) is 19.1. The van der Waals surface area contributed by atoms with Gasteiger partial charge in [-0.3, -0.25) is 9.59 Å². The van der Waals surface area contributed by atoms with Gasteiger partial charge in [0.1, 0.15) is 6.54 Å². The number of aromatic nitrogens is 1. The summed E-state index contributed by atoms with van der Waals surface area (Å²) in [5.41, 5.74) is 2.65. The van der Waals surface area contributed by atoms with E-state index in [9.17, 15) is 9.59 Å². The van der Waals surface area contributed by atoms with Crippen LogP contribution in [-0.4, -0.2) is 23.6 Å². The van der Waals surface area contributed by atoms with Crippen molar-refractivity contribution in [3.05, 3.63) is 69.5 Å². The van der Waals surface area contributed by atoms with Gasteiger partial charge >= 0.3 is 5.97 Å². The molecule has 7 heteroatoms. The van der Waals surface area contributed by atoms with Crippen LogP contribution in [0.3, 0.4) is 0 Å². The average Bonchev–Trinajstić information content (AvgIpc) is 2.97. The smallest absolute Gasteiger partial charge is 0.325 e. The summed E-state index contributed by atoms with van der Waals surface area (Å²) in [5.74, 6) is -0.840. The largest absolute Gasteiger partial charge is 0.468 e. The maximum atomic E-state index is 12.3. The number of hydrogen-bond acceptors (Lipinski definition) is 4. The fourth-order valence-electron chi connectivity index (χ4n) is 2.52. The minimum atomic E-state index is -0.434. The Morgan fingerprint density at radius 2 is 2.04 bits per heavy atom. The van der Waals surface area contributed by atoms with Gasteiger partial charge in [0.05, 0.1) is 17.3 Å². The molecule has 1 aromatic heterocycles. The van der Waals surface area contributed by atoms with Gasteiger partial charge in [0.15, 0.2) is 4.80 Å². The van der Waals surface area contributed by atoms with Crippen LogP contribution in [-0.2, 0) is 20.9 Å². The highest BCUT2D eigenvalue weighted by Crippen LogP contribution is 2.19. The molecule has 1 amide bonds. The molecule has 0 aliphatic rings. The van der Waals surface area contributed by atoms with Gasteiger partial charge < -0.3 is 9.30 Å². The van der Waals surface area contributed by atoms with E-state index in [-0.39, 0.29) is 6.54 Å². The fraction of sp³-hybridized carbons (Fsp3) is 0.150. The number of methoxy groups -OCH3 is 1. The minimum Gasteiger partial charge on any atom is -0.468 e. The zero-order valence-corrected chi connectivity index (χ0v) is 16.4. The van der Waals surface area contributed by atoms with E-state index in [4.69, 9.17) is 16.3 Å². The molecular weight excluding hydrogens is 384 g/mol. The van der Waals surface area contributed by atoms with Gasteiger partial charge in [-0.15, -0.1) is 0 Å². The summed E-state index contributed by atoms with van der Waals surface area (Å²) in [6.45, 7) is 1.97. The second-order valence-electron chi connectivity index (χ2n) is 5.82. The molecule has 0 aliphatic heterocycles. The lowest BCUT2D eigenvalue weighted by atomic mass is 10.2. The third kappa shape index (κ3) is 4.53. The van der Waals surface area contributed by atoms with Gasteiger partial charge in [0.2, 0.25) is 0 Å². The van der Waals surface area contributed by atoms with E-state index in [0.29, 0.717) is 9.82 Å². The van der Waals surface area contributed by atoms with Crippen molar-refractivity contribution in [3.8, 4) is 0 Å². The normalized spacial score (nSPS) is 12.0. The van der Waals surface area contributed by atoms with Crippen LogP contribution in [0, 0.1) is 6.92 Å². The standard InChI is InChI=1S/C20H17ClN2O3S/c1-13-7-9-16-17(11-13)27-20(23(16)12-19(25)26-2)22-18(24)10-8-14-5-3-4-6-15(14)21/h3-11H,12H2,1-2H3/b10-8+,22-20?. The van der Waals surface area contributed by atoms with E-state index in [0.717, 1.165) is 21.3 Å². The topological polar surface area (TPSA) is 60.7 Å². The molecule has 0 spiro atoms. The predicted molar refractivity (Wildman–Crippen MR) is 108 cm³/mol. The van der Waals surface area contributed by atoms with E-state index in [2.05, 4.69) is 4.99 Å². The van der Waals surface area contributed by atoms with Gasteiger partial charge in [0.25, 0.3) is 5.91 Å². The molecule has 138 valence electrons. The van der Waals surface area contributed by atoms with E-state index in [1.54, 1.807) is 16.7 Å². The Hall–Kier alpha value is -2.70. The first-order valence-electron chi connectivity index (χ1n) is 8.16. The lowest BCUT2D eigenvalue weighted by Crippen LogP contribution is -2.22. The third-order valence-corrected chi connectivity index (χ3v) is 5.26. The van der Waals surface area contributed by atoms with Gasteiger partial charge in [-0.1, -0.05) is 47.2 Å². The van der Waals surface area contributed by atoms with Gasteiger partial charge in [-0.2, -0.15) is 4.99 Å². The maximum absolute atomic E-state index is 12.3. The molecule has 5 nitrogen and oxygen atoms in total. The van der Waals surface area contributed by atoms with Crippen molar-refractivity contribution in [3.63, 3.8) is 0 Å². The summed E-state index contributed by atoms with van der Waals surface area (Å²) in [7, 11) is 1.33. The number of rotatable bonds is 4. The fourth-order valence-corrected chi connectivity index (χ4v) is 3.85. The van der Waals surface area contributed by atoms with Crippen LogP contribution in [0.15, 0.2) is 53.5 Å². The van der Waals surface area contributed by atoms with Crippen molar-refractivity contribution in [1.82, 2.24) is 4.57 Å². The van der Waals surface area contributed by atoms with Gasteiger partial charge in [0, 0.05) is 11.1 Å². The number of amides is 1. The molecule has 0 atom stereocenters. The summed E-state index contributed by atoms with van der Waals surface area (Å²) < 4.78 is 7.40. The molecule has 0 saturated heterocycles. The molecule has 0 N–H and O–H groups in total. The van der Waals surface area contributed by atoms with Crippen LogP contribution < -0.4 is 4.80 Å². The Bertz CT molecular complexity index is 1110. The van der Waals surface area contributed by atoms with Crippen LogP contribution in [0.25, 0.3) is 16.3 Å². The Morgan fingerprint density at radius 1 is 1.26 bits per heavy atom. The second kappa shape index (κ2) is 8.33. The van der Waals surface area contributed by atoms with Crippen molar-refractivity contribution in [2.75, 3.05) is 7.11 Å². The number of halogens is 1. The molecule has 27 heavy (non-hydrogen) atoms. The summed E-state index contributed by atoms with van der Waals surface area (Å²) in [5, 5.41) is 0.555. The summed E-state index contributed by atoms with van der Waals surface area (Å²) in [6, 6.07) is 13.1. The first-order valence-corrected chi connectivity index (χ1v) is 9.35. The minimum absolute atomic E-state index is 0.0140. The van der Waals surface area contributed by atoms with Crippen LogP contribution in [0.1, 0.15) is 11.1 Å². The highest BCUT2D eigenvalue weighted by Gasteiger charge is 2.11. The maximum Gasteiger partial charge on any atom is 0.325 e. The van der Waals surface area contributed by atoms with Gasteiger partial charge in [-0.25, -0.2) is 0 Å². The first-order chi connectivity index (χ1) is 13.0. The Kier molecular flexibility index (Phi) is 5.88. The molecule has 1 heterocycles. The van der Waals surface area contributed by atoms with Crippen LogP contribution in [0.5, 0.6) is 0 Å². The molecular formula is C20H17ClN2O3S. The van der Waals surface area contributed by atoms with Crippen molar-refractivity contribution < 1.29 is 14.3 Å². The number of carbonyl (C=O) groups is 2. The monoisotopic (exact) mass is 400 g/mol. The lowest BCUT2D eigenvalue weighted by Gasteiger charge is -2.03. The average molecular weight is 401 g/mol. The van der Waals surface area contributed by atoms with Gasteiger partial charge in [-0.05, 0) is 42.3 Å². The summed E-state index contributed by atoms with van der Waals surface area (Å²) >= 11 is 7.44. The molecule has 0 bridgehead atoms. The molecule has 2 aromatic carbocycles. The third-order valence-electron chi connectivity index (χ3n) is 3.87. The van der Waals surface area contributed by atoms with Crippen molar-refractivity contribution >= 4 is 51.1 Å². The number of aryl methyl sites for hydroxylation is 1. The summed E-state index contributed by atoms with van der Waals surface area (Å²) in [6.07, 6.45) is 2.98. The molecule has 0 saturated carbocycles. The molecule has 0 unspecified atom stereocenters. The molecule has 0 fully saturated rings. The molecule has 0 radical (unpaired) electrons. The Balaban J connectivity index is 2.01.